The van der Waals surface area contributed by atoms with E-state index in [1.807, 2.05) is 17.9 Å². The lowest BCUT2D eigenvalue weighted by atomic mass is 9.87. The predicted molar refractivity (Wildman–Crippen MR) is 78.7 cm³/mol. The first-order valence-electron chi connectivity index (χ1n) is 7.11. The number of carbonyl (C=O) groups excluding carboxylic acids is 1. The van der Waals surface area contributed by atoms with Gasteiger partial charge in [0, 0.05) is 24.4 Å². The quantitative estimate of drug-likeness (QED) is 0.908. The van der Waals surface area contributed by atoms with E-state index < -0.39 is 5.97 Å². The highest BCUT2D eigenvalue weighted by atomic mass is 32.1. The summed E-state index contributed by atoms with van der Waals surface area (Å²) in [6, 6.07) is 4.12. The van der Waals surface area contributed by atoms with Gasteiger partial charge in [-0.2, -0.15) is 0 Å². The Hall–Kier alpha value is -1.36. The molecule has 0 saturated carbocycles. The van der Waals surface area contributed by atoms with Crippen molar-refractivity contribution in [3.8, 4) is 0 Å². The molecule has 1 aromatic rings. The number of carbonyl (C=O) groups is 2. The van der Waals surface area contributed by atoms with Crippen molar-refractivity contribution in [2.75, 3.05) is 13.1 Å². The van der Waals surface area contributed by atoms with E-state index >= 15 is 0 Å². The first-order chi connectivity index (χ1) is 9.58. The number of rotatable bonds is 5. The average molecular weight is 295 g/mol. The van der Waals surface area contributed by atoms with Gasteiger partial charge in [0.25, 0.3) is 0 Å². The van der Waals surface area contributed by atoms with Crippen molar-refractivity contribution in [2.24, 2.45) is 11.8 Å². The normalized spacial score (nSPS) is 22.8. The van der Waals surface area contributed by atoms with Crippen molar-refractivity contribution in [2.45, 2.75) is 32.6 Å². The van der Waals surface area contributed by atoms with Crippen LogP contribution in [-0.4, -0.2) is 35.0 Å². The van der Waals surface area contributed by atoms with Gasteiger partial charge in [0.1, 0.15) is 0 Å². The Morgan fingerprint density at radius 1 is 1.50 bits per heavy atom. The van der Waals surface area contributed by atoms with E-state index in [0.717, 1.165) is 12.8 Å². The van der Waals surface area contributed by atoms with Gasteiger partial charge < -0.3 is 10.0 Å². The number of carboxylic acid groups (broad SMARTS) is 1. The molecular formula is C15H21NO3S. The summed E-state index contributed by atoms with van der Waals surface area (Å²) in [6.45, 7) is 3.08. The van der Waals surface area contributed by atoms with E-state index in [9.17, 15) is 9.59 Å². The molecule has 5 heteroatoms. The van der Waals surface area contributed by atoms with Crippen molar-refractivity contribution in [1.29, 1.82) is 0 Å². The molecule has 1 saturated heterocycles. The molecule has 0 spiro atoms. The molecule has 2 rings (SSSR count). The molecule has 0 radical (unpaired) electrons. The number of aliphatic carboxylic acids is 1. The second-order valence-electron chi connectivity index (χ2n) is 5.48. The van der Waals surface area contributed by atoms with E-state index in [4.69, 9.17) is 5.11 Å². The van der Waals surface area contributed by atoms with Gasteiger partial charge in [-0.15, -0.1) is 11.3 Å². The third-order valence-corrected chi connectivity index (χ3v) is 4.91. The number of nitrogens with zero attached hydrogens (tertiary/aromatic N) is 1. The zero-order valence-corrected chi connectivity index (χ0v) is 12.6. The van der Waals surface area contributed by atoms with Crippen molar-refractivity contribution in [1.82, 2.24) is 4.90 Å². The number of carboxylic acids is 1. The maximum atomic E-state index is 12.1. The first-order valence-corrected chi connectivity index (χ1v) is 7.99. The summed E-state index contributed by atoms with van der Waals surface area (Å²) in [5.74, 6) is -0.827. The predicted octanol–water partition coefficient (Wildman–Crippen LogP) is 2.64. The molecule has 0 bridgehead atoms. The van der Waals surface area contributed by atoms with E-state index in [2.05, 4.69) is 11.4 Å². The highest BCUT2D eigenvalue weighted by molar-refractivity contribution is 7.09. The minimum absolute atomic E-state index is 0.0440. The zero-order chi connectivity index (χ0) is 14.5. The van der Waals surface area contributed by atoms with Gasteiger partial charge in [-0.25, -0.2) is 0 Å². The number of thiophene rings is 1. The second kappa shape index (κ2) is 6.88. The van der Waals surface area contributed by atoms with Crippen LogP contribution in [0.2, 0.25) is 0 Å². The van der Waals surface area contributed by atoms with Crippen LogP contribution in [0.1, 0.15) is 31.1 Å². The number of aryl methyl sites for hydroxylation is 1. The Morgan fingerprint density at radius 3 is 2.90 bits per heavy atom. The van der Waals surface area contributed by atoms with E-state index in [0.29, 0.717) is 25.9 Å². The van der Waals surface area contributed by atoms with Crippen LogP contribution in [0.5, 0.6) is 0 Å². The molecule has 1 aromatic heterocycles. The Labute approximate surface area is 123 Å². The van der Waals surface area contributed by atoms with Gasteiger partial charge in [0.2, 0.25) is 5.91 Å². The Kier molecular flexibility index (Phi) is 5.17. The van der Waals surface area contributed by atoms with Gasteiger partial charge >= 0.3 is 5.97 Å². The van der Waals surface area contributed by atoms with Crippen LogP contribution in [0.3, 0.4) is 0 Å². The molecule has 2 heterocycles. The largest absolute Gasteiger partial charge is 0.481 e. The number of piperidine rings is 1. The minimum Gasteiger partial charge on any atom is -0.481 e. The maximum absolute atomic E-state index is 12.1. The van der Waals surface area contributed by atoms with Crippen LogP contribution < -0.4 is 0 Å². The summed E-state index contributed by atoms with van der Waals surface area (Å²) in [5, 5.41) is 11.1. The van der Waals surface area contributed by atoms with Gasteiger partial charge in [-0.05, 0) is 36.6 Å². The fourth-order valence-corrected chi connectivity index (χ4v) is 3.52. The molecule has 1 N–H and O–H groups in total. The molecule has 0 aliphatic carbocycles. The fraction of sp³-hybridized carbons (Fsp3) is 0.600. The lowest BCUT2D eigenvalue weighted by Gasteiger charge is -2.35. The Balaban J connectivity index is 1.75. The lowest BCUT2D eigenvalue weighted by Crippen LogP contribution is -2.44. The number of likely N-dealkylation sites (tertiary alicyclic amines) is 1. The molecule has 20 heavy (non-hydrogen) atoms. The second-order valence-corrected chi connectivity index (χ2v) is 6.52. The van der Waals surface area contributed by atoms with Crippen molar-refractivity contribution >= 4 is 23.2 Å². The summed E-state index contributed by atoms with van der Waals surface area (Å²) < 4.78 is 0. The monoisotopic (exact) mass is 295 g/mol. The van der Waals surface area contributed by atoms with Crippen LogP contribution in [0.25, 0.3) is 0 Å². The molecule has 4 nitrogen and oxygen atoms in total. The molecule has 1 fully saturated rings. The maximum Gasteiger partial charge on any atom is 0.306 e. The fourth-order valence-electron chi connectivity index (χ4n) is 2.77. The van der Waals surface area contributed by atoms with Crippen molar-refractivity contribution < 1.29 is 14.7 Å². The van der Waals surface area contributed by atoms with Crippen molar-refractivity contribution in [3.05, 3.63) is 22.4 Å². The summed E-state index contributed by atoms with van der Waals surface area (Å²) in [7, 11) is 0. The minimum atomic E-state index is -0.734. The Bertz CT molecular complexity index is 458. The molecule has 2 unspecified atom stereocenters. The molecular weight excluding hydrogens is 274 g/mol. The molecule has 110 valence electrons. The smallest absolute Gasteiger partial charge is 0.306 e. The highest BCUT2D eigenvalue weighted by Gasteiger charge is 2.32. The van der Waals surface area contributed by atoms with E-state index in [-0.39, 0.29) is 17.7 Å². The lowest BCUT2D eigenvalue weighted by molar-refractivity contribution is -0.148. The van der Waals surface area contributed by atoms with E-state index in [1.54, 1.807) is 11.3 Å². The first kappa shape index (κ1) is 15.0. The third kappa shape index (κ3) is 3.82. The van der Waals surface area contributed by atoms with Crippen LogP contribution in [0.4, 0.5) is 0 Å². The summed E-state index contributed by atoms with van der Waals surface area (Å²) in [4.78, 5) is 26.3. The van der Waals surface area contributed by atoms with Gasteiger partial charge in [0.15, 0.2) is 0 Å². The summed E-state index contributed by atoms with van der Waals surface area (Å²) in [6.07, 6.45) is 2.95. The van der Waals surface area contributed by atoms with Crippen LogP contribution in [0.15, 0.2) is 17.5 Å². The number of hydrogen-bond acceptors (Lipinski definition) is 3. The molecule has 2 atom stereocenters. The SMILES string of the molecule is CC1CN(C(=O)CCCc2cccs2)CCC1C(=O)O. The van der Waals surface area contributed by atoms with E-state index in [1.165, 1.54) is 4.88 Å². The highest BCUT2D eigenvalue weighted by Crippen LogP contribution is 2.24. The average Bonchev–Trinajstić information content (AvgIpc) is 2.91. The van der Waals surface area contributed by atoms with Gasteiger partial charge in [0.05, 0.1) is 5.92 Å². The van der Waals surface area contributed by atoms with Crippen LogP contribution >= 0.6 is 11.3 Å². The molecule has 1 aliphatic rings. The van der Waals surface area contributed by atoms with Crippen LogP contribution in [0, 0.1) is 11.8 Å². The third-order valence-electron chi connectivity index (χ3n) is 3.97. The summed E-state index contributed by atoms with van der Waals surface area (Å²) in [5.41, 5.74) is 0. The standard InChI is InChI=1S/C15H21NO3S/c1-11-10-16(8-7-13(11)15(18)19)14(17)6-2-4-12-5-3-9-20-12/h3,5,9,11,13H,2,4,6-8,10H2,1H3,(H,18,19). The topological polar surface area (TPSA) is 57.6 Å². The number of amides is 1. The molecule has 1 aliphatic heterocycles. The molecule has 1 amide bonds. The molecule has 0 aromatic carbocycles. The van der Waals surface area contributed by atoms with Gasteiger partial charge in [-0.3, -0.25) is 9.59 Å². The van der Waals surface area contributed by atoms with Crippen LogP contribution in [-0.2, 0) is 16.0 Å². The number of hydrogen-bond donors (Lipinski definition) is 1. The van der Waals surface area contributed by atoms with Crippen molar-refractivity contribution in [3.63, 3.8) is 0 Å². The zero-order valence-electron chi connectivity index (χ0n) is 11.7. The Morgan fingerprint density at radius 2 is 2.30 bits per heavy atom. The van der Waals surface area contributed by atoms with Gasteiger partial charge in [-0.1, -0.05) is 13.0 Å². The summed E-state index contributed by atoms with van der Waals surface area (Å²) >= 11 is 1.72.